The van der Waals surface area contributed by atoms with Crippen molar-refractivity contribution in [1.82, 2.24) is 10.8 Å². The standard InChI is InChI=1S/C23H26N2O6/c1-14(11-21(26)25-31-15(2)22(27)28)12-24-23(29)30-13-20-18-9-5-3-7-16(18)17-8-4-6-10-19(17)20/h3-10,14-15,20H,11-13H2,1-2H3,(H,24,29)(H,25,26)(H,27,28). The molecule has 0 spiro atoms. The van der Waals surface area contributed by atoms with Crippen molar-refractivity contribution in [2.24, 2.45) is 5.92 Å². The Morgan fingerprint density at radius 1 is 1.00 bits per heavy atom. The number of alkyl carbamates (subject to hydrolysis) is 1. The van der Waals surface area contributed by atoms with E-state index in [1.807, 2.05) is 24.3 Å². The van der Waals surface area contributed by atoms with Crippen LogP contribution >= 0.6 is 0 Å². The van der Waals surface area contributed by atoms with Gasteiger partial charge >= 0.3 is 12.1 Å². The molecule has 2 atom stereocenters. The zero-order chi connectivity index (χ0) is 22.4. The zero-order valence-electron chi connectivity index (χ0n) is 17.5. The van der Waals surface area contributed by atoms with Gasteiger partial charge in [0, 0.05) is 18.9 Å². The van der Waals surface area contributed by atoms with E-state index in [0.717, 1.165) is 22.3 Å². The molecule has 2 amide bonds. The van der Waals surface area contributed by atoms with E-state index in [1.54, 1.807) is 6.92 Å². The van der Waals surface area contributed by atoms with E-state index in [0.29, 0.717) is 0 Å². The first-order valence-electron chi connectivity index (χ1n) is 10.1. The number of carboxylic acids is 1. The fourth-order valence-corrected chi connectivity index (χ4v) is 3.54. The lowest BCUT2D eigenvalue weighted by Gasteiger charge is -2.16. The van der Waals surface area contributed by atoms with Crippen LogP contribution in [0.4, 0.5) is 4.79 Å². The summed E-state index contributed by atoms with van der Waals surface area (Å²) >= 11 is 0. The Kier molecular flexibility index (Phi) is 7.25. The van der Waals surface area contributed by atoms with E-state index < -0.39 is 24.1 Å². The third-order valence-corrected chi connectivity index (χ3v) is 5.17. The third-order valence-electron chi connectivity index (χ3n) is 5.17. The summed E-state index contributed by atoms with van der Waals surface area (Å²) in [5.41, 5.74) is 6.69. The van der Waals surface area contributed by atoms with E-state index >= 15 is 0 Å². The van der Waals surface area contributed by atoms with Crippen LogP contribution in [-0.4, -0.2) is 42.3 Å². The predicted octanol–water partition coefficient (Wildman–Crippen LogP) is 3.07. The number of benzene rings is 2. The molecule has 2 unspecified atom stereocenters. The number of hydrogen-bond acceptors (Lipinski definition) is 5. The number of hydroxylamine groups is 1. The number of carbonyl (C=O) groups excluding carboxylic acids is 2. The van der Waals surface area contributed by atoms with Crippen LogP contribution in [0.5, 0.6) is 0 Å². The summed E-state index contributed by atoms with van der Waals surface area (Å²) in [5, 5.41) is 11.4. The highest BCUT2D eigenvalue weighted by Gasteiger charge is 2.29. The highest BCUT2D eigenvalue weighted by Crippen LogP contribution is 2.44. The highest BCUT2D eigenvalue weighted by molar-refractivity contribution is 5.79. The first-order valence-corrected chi connectivity index (χ1v) is 10.1. The zero-order valence-corrected chi connectivity index (χ0v) is 17.5. The maximum atomic E-state index is 12.2. The predicted molar refractivity (Wildman–Crippen MR) is 113 cm³/mol. The van der Waals surface area contributed by atoms with Gasteiger partial charge in [-0.1, -0.05) is 55.5 Å². The van der Waals surface area contributed by atoms with Gasteiger partial charge in [-0.3, -0.25) is 9.63 Å². The van der Waals surface area contributed by atoms with Gasteiger partial charge in [-0.15, -0.1) is 0 Å². The van der Waals surface area contributed by atoms with Gasteiger partial charge in [0.1, 0.15) is 6.61 Å². The fraction of sp³-hybridized carbons (Fsp3) is 0.348. The molecule has 0 heterocycles. The molecule has 0 bridgehead atoms. The minimum atomic E-state index is -1.18. The molecule has 2 aromatic rings. The number of aliphatic carboxylic acids is 1. The number of carboxylic acid groups (broad SMARTS) is 1. The molecule has 1 aliphatic rings. The number of carbonyl (C=O) groups is 3. The summed E-state index contributed by atoms with van der Waals surface area (Å²) in [6.45, 7) is 3.54. The number of amides is 2. The van der Waals surface area contributed by atoms with E-state index in [9.17, 15) is 14.4 Å². The molecule has 0 aliphatic heterocycles. The Bertz CT molecular complexity index is 915. The van der Waals surface area contributed by atoms with Crippen LogP contribution in [0.15, 0.2) is 48.5 Å². The van der Waals surface area contributed by atoms with Crippen LogP contribution in [0.1, 0.15) is 37.3 Å². The Hall–Kier alpha value is -3.39. The van der Waals surface area contributed by atoms with E-state index in [1.165, 1.54) is 6.92 Å². The molecule has 164 valence electrons. The summed E-state index contributed by atoms with van der Waals surface area (Å²) in [6.07, 6.45) is -1.63. The van der Waals surface area contributed by atoms with Crippen molar-refractivity contribution < 1.29 is 29.1 Å². The van der Waals surface area contributed by atoms with Crippen LogP contribution in [-0.2, 0) is 19.2 Å². The third kappa shape index (κ3) is 5.61. The fourth-order valence-electron chi connectivity index (χ4n) is 3.54. The lowest BCUT2D eigenvalue weighted by Crippen LogP contribution is -2.35. The summed E-state index contributed by atoms with van der Waals surface area (Å²) in [6, 6.07) is 16.2. The molecule has 0 saturated heterocycles. The van der Waals surface area contributed by atoms with E-state index in [4.69, 9.17) is 14.7 Å². The van der Waals surface area contributed by atoms with Crippen molar-refractivity contribution in [2.45, 2.75) is 32.3 Å². The second-order valence-electron chi connectivity index (χ2n) is 7.64. The Morgan fingerprint density at radius 3 is 2.16 bits per heavy atom. The number of ether oxygens (including phenoxy) is 1. The van der Waals surface area contributed by atoms with Crippen molar-refractivity contribution in [3.8, 4) is 11.1 Å². The van der Waals surface area contributed by atoms with Crippen molar-refractivity contribution in [3.63, 3.8) is 0 Å². The molecule has 0 saturated carbocycles. The van der Waals surface area contributed by atoms with Crippen molar-refractivity contribution >= 4 is 18.0 Å². The number of fused-ring (bicyclic) bond motifs is 3. The van der Waals surface area contributed by atoms with Crippen LogP contribution in [0, 0.1) is 5.92 Å². The van der Waals surface area contributed by atoms with E-state index in [-0.39, 0.29) is 31.4 Å². The second-order valence-corrected chi connectivity index (χ2v) is 7.64. The van der Waals surface area contributed by atoms with Crippen LogP contribution in [0.2, 0.25) is 0 Å². The molecule has 8 heteroatoms. The number of nitrogens with one attached hydrogen (secondary N) is 2. The lowest BCUT2D eigenvalue weighted by molar-refractivity contribution is -0.159. The maximum Gasteiger partial charge on any atom is 0.407 e. The molecular formula is C23H26N2O6. The molecule has 0 radical (unpaired) electrons. The average molecular weight is 426 g/mol. The average Bonchev–Trinajstić information content (AvgIpc) is 3.08. The summed E-state index contributed by atoms with van der Waals surface area (Å²) in [4.78, 5) is 39.4. The SMILES string of the molecule is CC(CNC(=O)OCC1c2ccccc2-c2ccccc21)CC(=O)NOC(C)C(=O)O. The summed E-state index contributed by atoms with van der Waals surface area (Å²) < 4.78 is 5.46. The van der Waals surface area contributed by atoms with Gasteiger partial charge < -0.3 is 15.2 Å². The molecule has 3 N–H and O–H groups in total. The topological polar surface area (TPSA) is 114 Å². The van der Waals surface area contributed by atoms with Crippen LogP contribution in [0.25, 0.3) is 11.1 Å². The molecule has 31 heavy (non-hydrogen) atoms. The van der Waals surface area contributed by atoms with Gasteiger partial charge in [0.15, 0.2) is 6.10 Å². The van der Waals surface area contributed by atoms with Gasteiger partial charge in [0.25, 0.3) is 0 Å². The Balaban J connectivity index is 1.45. The van der Waals surface area contributed by atoms with Crippen molar-refractivity contribution in [2.75, 3.05) is 13.2 Å². The minimum absolute atomic E-state index is 0.0188. The van der Waals surface area contributed by atoms with Crippen molar-refractivity contribution in [3.05, 3.63) is 59.7 Å². The normalized spacial score (nSPS) is 14.1. The van der Waals surface area contributed by atoms with Gasteiger partial charge in [-0.05, 0) is 35.1 Å². The molecular weight excluding hydrogens is 400 g/mol. The van der Waals surface area contributed by atoms with E-state index in [2.05, 4.69) is 35.1 Å². The van der Waals surface area contributed by atoms with Gasteiger partial charge in [0.05, 0.1) is 0 Å². The maximum absolute atomic E-state index is 12.2. The molecule has 1 aliphatic carbocycles. The smallest absolute Gasteiger partial charge is 0.407 e. The lowest BCUT2D eigenvalue weighted by atomic mass is 9.98. The van der Waals surface area contributed by atoms with Gasteiger partial charge in [0.2, 0.25) is 5.91 Å². The quantitative estimate of drug-likeness (QED) is 0.531. The number of hydrogen-bond donors (Lipinski definition) is 3. The highest BCUT2D eigenvalue weighted by atomic mass is 16.7. The van der Waals surface area contributed by atoms with Gasteiger partial charge in [-0.2, -0.15) is 0 Å². The van der Waals surface area contributed by atoms with Crippen molar-refractivity contribution in [1.29, 1.82) is 0 Å². The monoisotopic (exact) mass is 426 g/mol. The molecule has 8 nitrogen and oxygen atoms in total. The van der Waals surface area contributed by atoms with Gasteiger partial charge in [-0.25, -0.2) is 15.1 Å². The first kappa shape index (κ1) is 22.3. The second kappa shape index (κ2) is 10.1. The van der Waals surface area contributed by atoms with Crippen LogP contribution in [0.3, 0.4) is 0 Å². The van der Waals surface area contributed by atoms with Crippen LogP contribution < -0.4 is 10.8 Å². The summed E-state index contributed by atoms with van der Waals surface area (Å²) in [7, 11) is 0. The molecule has 3 rings (SSSR count). The molecule has 0 aromatic heterocycles. The first-order chi connectivity index (χ1) is 14.9. The molecule has 0 fully saturated rings. The molecule has 2 aromatic carbocycles. The number of rotatable bonds is 9. The Morgan fingerprint density at radius 2 is 1.58 bits per heavy atom. The summed E-state index contributed by atoms with van der Waals surface area (Å²) in [5.74, 6) is -1.85. The minimum Gasteiger partial charge on any atom is -0.479 e. The largest absolute Gasteiger partial charge is 0.479 e. The Labute approximate surface area is 180 Å².